The summed E-state index contributed by atoms with van der Waals surface area (Å²) < 4.78 is 41.9. The lowest BCUT2D eigenvalue weighted by Gasteiger charge is -2.24. The molecule has 4 aromatic carbocycles. The number of aryl methyl sites for hydroxylation is 1. The van der Waals surface area contributed by atoms with Crippen LogP contribution in [0.5, 0.6) is 0 Å². The Hall–Kier alpha value is -5.72. The summed E-state index contributed by atoms with van der Waals surface area (Å²) in [5.41, 5.74) is 3.39. The Labute approximate surface area is 267 Å². The van der Waals surface area contributed by atoms with Gasteiger partial charge in [-0.1, -0.05) is 36.4 Å². The number of aliphatic carboxylic acids is 1. The van der Waals surface area contributed by atoms with Crippen molar-refractivity contribution in [3.63, 3.8) is 0 Å². The van der Waals surface area contributed by atoms with Crippen molar-refractivity contribution >= 4 is 34.8 Å². The van der Waals surface area contributed by atoms with Gasteiger partial charge in [0, 0.05) is 30.3 Å². The SMILES string of the molecule is Cc1cccc(Nc2ccccc2C(=O)NC(Cc2cc(F)c(F)c(F)c2)C(=O)NC(CC(=O)O)Cc2ccc([N+](=O)[O-])cc2)c1C. The maximum absolute atomic E-state index is 14.1. The van der Waals surface area contributed by atoms with E-state index in [2.05, 4.69) is 16.0 Å². The normalized spacial score (nSPS) is 12.1. The van der Waals surface area contributed by atoms with Crippen LogP contribution in [-0.2, 0) is 22.4 Å². The first kappa shape index (κ1) is 34.2. The molecule has 4 aromatic rings. The third-order valence-electron chi connectivity index (χ3n) is 7.55. The number of para-hydroxylation sites is 1. The summed E-state index contributed by atoms with van der Waals surface area (Å²) >= 11 is 0. The molecule has 0 bridgehead atoms. The molecular weight excluding hydrogens is 617 g/mol. The second-order valence-electron chi connectivity index (χ2n) is 11.0. The van der Waals surface area contributed by atoms with Crippen molar-refractivity contribution in [1.29, 1.82) is 0 Å². The number of non-ortho nitro benzene ring substituents is 1. The van der Waals surface area contributed by atoms with Crippen molar-refractivity contribution in [3.8, 4) is 0 Å². The van der Waals surface area contributed by atoms with E-state index in [1.54, 1.807) is 18.2 Å². The van der Waals surface area contributed by atoms with Crippen LogP contribution in [0, 0.1) is 41.4 Å². The zero-order valence-electron chi connectivity index (χ0n) is 25.4. The average molecular weight is 649 g/mol. The van der Waals surface area contributed by atoms with Gasteiger partial charge in [0.25, 0.3) is 11.6 Å². The van der Waals surface area contributed by atoms with Gasteiger partial charge in [-0.3, -0.25) is 24.5 Å². The van der Waals surface area contributed by atoms with Gasteiger partial charge in [0.05, 0.1) is 22.6 Å². The summed E-state index contributed by atoms with van der Waals surface area (Å²) in [5, 5.41) is 28.9. The average Bonchev–Trinajstić information content (AvgIpc) is 3.01. The second-order valence-corrected chi connectivity index (χ2v) is 11.0. The monoisotopic (exact) mass is 648 g/mol. The van der Waals surface area contributed by atoms with Crippen molar-refractivity contribution in [2.45, 2.75) is 45.2 Å². The molecule has 0 saturated heterocycles. The van der Waals surface area contributed by atoms with Gasteiger partial charge in [-0.05, 0) is 72.9 Å². The number of carbonyl (C=O) groups is 3. The number of anilines is 2. The van der Waals surface area contributed by atoms with E-state index in [0.717, 1.165) is 16.8 Å². The molecular formula is C34H31F3N4O6. The number of amides is 2. The number of carboxylic acid groups (broad SMARTS) is 1. The number of hydrogen-bond acceptors (Lipinski definition) is 6. The summed E-state index contributed by atoms with van der Waals surface area (Å²) in [6.45, 7) is 3.84. The first-order valence-corrected chi connectivity index (χ1v) is 14.4. The highest BCUT2D eigenvalue weighted by Gasteiger charge is 2.27. The summed E-state index contributed by atoms with van der Waals surface area (Å²) in [6, 6.07) is 16.3. The number of nitro benzene ring substituents is 1. The summed E-state index contributed by atoms with van der Waals surface area (Å²) in [6.07, 6.45) is -1.07. The molecule has 4 N–H and O–H groups in total. The summed E-state index contributed by atoms with van der Waals surface area (Å²) in [4.78, 5) is 49.4. The fourth-order valence-electron chi connectivity index (χ4n) is 4.95. The molecule has 2 atom stereocenters. The van der Waals surface area contributed by atoms with E-state index in [0.29, 0.717) is 23.4 Å². The van der Waals surface area contributed by atoms with Gasteiger partial charge in [0.15, 0.2) is 17.5 Å². The molecule has 10 nitrogen and oxygen atoms in total. The van der Waals surface area contributed by atoms with E-state index >= 15 is 0 Å². The number of carboxylic acids is 1. The Balaban J connectivity index is 1.63. The second kappa shape index (κ2) is 15.0. The molecule has 0 aliphatic heterocycles. The van der Waals surface area contributed by atoms with Crippen LogP contribution < -0.4 is 16.0 Å². The third-order valence-corrected chi connectivity index (χ3v) is 7.55. The topological polar surface area (TPSA) is 151 Å². The minimum Gasteiger partial charge on any atom is -0.481 e. The Morgan fingerprint density at radius 1 is 0.830 bits per heavy atom. The van der Waals surface area contributed by atoms with Gasteiger partial charge >= 0.3 is 5.97 Å². The number of nitrogens with one attached hydrogen (secondary N) is 3. The van der Waals surface area contributed by atoms with E-state index < -0.39 is 65.1 Å². The highest BCUT2D eigenvalue weighted by atomic mass is 19.2. The fourth-order valence-corrected chi connectivity index (χ4v) is 4.95. The number of nitrogens with zero attached hydrogens (tertiary/aromatic N) is 1. The van der Waals surface area contributed by atoms with E-state index in [9.17, 15) is 42.8 Å². The molecule has 2 amide bonds. The Kier molecular flexibility index (Phi) is 10.9. The molecule has 0 aromatic heterocycles. The molecule has 0 saturated carbocycles. The Morgan fingerprint density at radius 3 is 2.11 bits per heavy atom. The molecule has 0 aliphatic carbocycles. The fraction of sp³-hybridized carbons (Fsp3) is 0.206. The highest BCUT2D eigenvalue weighted by Crippen LogP contribution is 2.26. The van der Waals surface area contributed by atoms with Crippen LogP contribution in [0.4, 0.5) is 30.2 Å². The predicted octanol–water partition coefficient (Wildman–Crippen LogP) is 5.92. The van der Waals surface area contributed by atoms with Crippen LogP contribution >= 0.6 is 0 Å². The van der Waals surface area contributed by atoms with Gasteiger partial charge in [-0.15, -0.1) is 0 Å². The van der Waals surface area contributed by atoms with Crippen LogP contribution in [0.2, 0.25) is 0 Å². The molecule has 244 valence electrons. The number of rotatable bonds is 13. The standard InChI is InChI=1S/C34H31F3N4O6/c1-19-6-5-9-28(20(19)2)39-29-8-4-3-7-25(29)33(44)40-30(17-22-15-26(35)32(37)27(36)16-22)34(45)38-23(18-31(42)43)14-21-10-12-24(13-11-21)41(46)47/h3-13,15-16,23,30,39H,14,17-18H2,1-2H3,(H,38,45)(H,40,44)(H,42,43). The Bertz CT molecular complexity index is 1790. The van der Waals surface area contributed by atoms with Gasteiger partial charge in [0.2, 0.25) is 5.91 Å². The van der Waals surface area contributed by atoms with E-state index in [1.165, 1.54) is 30.3 Å². The lowest BCUT2D eigenvalue weighted by atomic mass is 10.0. The predicted molar refractivity (Wildman–Crippen MR) is 168 cm³/mol. The summed E-state index contributed by atoms with van der Waals surface area (Å²) in [7, 11) is 0. The van der Waals surface area contributed by atoms with Crippen LogP contribution in [0.1, 0.15) is 39.0 Å². The maximum Gasteiger partial charge on any atom is 0.305 e. The van der Waals surface area contributed by atoms with E-state index in [4.69, 9.17) is 0 Å². The third kappa shape index (κ3) is 8.93. The van der Waals surface area contributed by atoms with Crippen molar-refractivity contribution in [1.82, 2.24) is 10.6 Å². The molecule has 0 spiro atoms. The molecule has 0 heterocycles. The van der Waals surface area contributed by atoms with Crippen LogP contribution in [-0.4, -0.2) is 39.9 Å². The highest BCUT2D eigenvalue weighted by molar-refractivity contribution is 6.02. The summed E-state index contributed by atoms with van der Waals surface area (Å²) in [5.74, 6) is -7.55. The van der Waals surface area contributed by atoms with E-state index in [-0.39, 0.29) is 23.2 Å². The largest absolute Gasteiger partial charge is 0.481 e. The lowest BCUT2D eigenvalue weighted by Crippen LogP contribution is -2.51. The van der Waals surface area contributed by atoms with Crippen LogP contribution in [0.15, 0.2) is 78.9 Å². The molecule has 4 rings (SSSR count). The molecule has 0 fully saturated rings. The van der Waals surface area contributed by atoms with Crippen molar-refractivity contribution < 1.29 is 37.6 Å². The van der Waals surface area contributed by atoms with Crippen LogP contribution in [0.25, 0.3) is 0 Å². The first-order chi connectivity index (χ1) is 22.3. The molecule has 0 radical (unpaired) electrons. The van der Waals surface area contributed by atoms with Crippen LogP contribution in [0.3, 0.4) is 0 Å². The molecule has 2 unspecified atom stereocenters. The molecule has 13 heteroatoms. The number of benzene rings is 4. The number of nitro groups is 1. The quantitative estimate of drug-likeness (QED) is 0.0799. The van der Waals surface area contributed by atoms with Crippen molar-refractivity contribution in [3.05, 3.63) is 134 Å². The smallest absolute Gasteiger partial charge is 0.305 e. The van der Waals surface area contributed by atoms with Crippen molar-refractivity contribution in [2.24, 2.45) is 0 Å². The Morgan fingerprint density at radius 2 is 1.47 bits per heavy atom. The van der Waals surface area contributed by atoms with E-state index in [1.807, 2.05) is 32.0 Å². The van der Waals surface area contributed by atoms with Gasteiger partial charge in [-0.25, -0.2) is 13.2 Å². The number of carbonyl (C=O) groups excluding carboxylic acids is 2. The maximum atomic E-state index is 14.1. The van der Waals surface area contributed by atoms with Gasteiger partial charge in [-0.2, -0.15) is 0 Å². The number of halogens is 3. The van der Waals surface area contributed by atoms with Gasteiger partial charge < -0.3 is 21.1 Å². The zero-order chi connectivity index (χ0) is 34.2. The zero-order valence-corrected chi connectivity index (χ0v) is 25.4. The lowest BCUT2D eigenvalue weighted by molar-refractivity contribution is -0.384. The minimum atomic E-state index is -1.70. The number of hydrogen-bond donors (Lipinski definition) is 4. The molecule has 0 aliphatic rings. The molecule has 47 heavy (non-hydrogen) atoms. The first-order valence-electron chi connectivity index (χ1n) is 14.4. The van der Waals surface area contributed by atoms with Gasteiger partial charge in [0.1, 0.15) is 6.04 Å². The van der Waals surface area contributed by atoms with Crippen molar-refractivity contribution in [2.75, 3.05) is 5.32 Å². The minimum absolute atomic E-state index is 0.0426.